The van der Waals surface area contributed by atoms with Crippen LogP contribution >= 0.6 is 12.4 Å². The number of rotatable bonds is 4. The van der Waals surface area contributed by atoms with Crippen LogP contribution in [0.4, 0.5) is 18.9 Å². The number of aromatic amines is 1. The summed E-state index contributed by atoms with van der Waals surface area (Å²) in [7, 11) is 0. The molecule has 1 fully saturated rings. The number of halogens is 4. The first-order chi connectivity index (χ1) is 11.6. The van der Waals surface area contributed by atoms with Crippen molar-refractivity contribution in [3.8, 4) is 11.5 Å². The van der Waals surface area contributed by atoms with Crippen LogP contribution in [0.1, 0.15) is 25.8 Å². The van der Waals surface area contributed by atoms with E-state index >= 15 is 0 Å². The number of hydrogen-bond donors (Lipinski definition) is 3. The summed E-state index contributed by atoms with van der Waals surface area (Å²) >= 11 is 0. The Bertz CT molecular complexity index is 831. The van der Waals surface area contributed by atoms with Crippen molar-refractivity contribution < 1.29 is 17.6 Å². The average Bonchev–Trinajstić information content (AvgIpc) is 2.96. The molecule has 4 N–H and O–H groups in total. The van der Waals surface area contributed by atoms with Gasteiger partial charge in [-0.25, -0.2) is 9.89 Å². The molecule has 1 aromatic heterocycles. The van der Waals surface area contributed by atoms with Crippen LogP contribution in [-0.4, -0.2) is 22.8 Å². The van der Waals surface area contributed by atoms with Crippen LogP contribution in [0.25, 0.3) is 11.5 Å². The van der Waals surface area contributed by atoms with E-state index in [1.807, 2.05) is 13.8 Å². The Labute approximate surface area is 153 Å². The number of benzene rings is 1. The number of aromatic nitrogens is 2. The van der Waals surface area contributed by atoms with Crippen LogP contribution in [0.2, 0.25) is 0 Å². The molecule has 1 aromatic carbocycles. The zero-order chi connectivity index (χ0) is 18.4. The van der Waals surface area contributed by atoms with Gasteiger partial charge in [0.1, 0.15) is 0 Å². The van der Waals surface area contributed by atoms with Crippen molar-refractivity contribution in [2.24, 2.45) is 17.1 Å². The summed E-state index contributed by atoms with van der Waals surface area (Å²) in [6.07, 6.45) is -3.74. The van der Waals surface area contributed by atoms with Gasteiger partial charge >= 0.3 is 11.9 Å². The molecule has 26 heavy (non-hydrogen) atoms. The van der Waals surface area contributed by atoms with Gasteiger partial charge in [-0.2, -0.15) is 13.2 Å². The van der Waals surface area contributed by atoms with Gasteiger partial charge < -0.3 is 15.5 Å². The van der Waals surface area contributed by atoms with Gasteiger partial charge in [-0.3, -0.25) is 0 Å². The molecule has 6 nitrogen and oxygen atoms in total. The minimum atomic E-state index is -4.50. The molecular weight excluding hydrogens is 373 g/mol. The Morgan fingerprint density at radius 3 is 2.62 bits per heavy atom. The average molecular weight is 393 g/mol. The molecular formula is C16H20ClF3N4O2. The number of hydrogen-bond acceptors (Lipinski definition) is 5. The van der Waals surface area contributed by atoms with E-state index < -0.39 is 17.5 Å². The number of nitrogens with one attached hydrogen (secondary N) is 2. The summed E-state index contributed by atoms with van der Waals surface area (Å²) in [5.41, 5.74) is 5.25. The highest BCUT2D eigenvalue weighted by Gasteiger charge is 2.45. The first-order valence-corrected chi connectivity index (χ1v) is 7.85. The summed E-state index contributed by atoms with van der Waals surface area (Å²) in [4.78, 5) is 11.0. The molecule has 0 unspecified atom stereocenters. The lowest BCUT2D eigenvalue weighted by Gasteiger charge is -2.50. The molecule has 1 saturated carbocycles. The Morgan fingerprint density at radius 2 is 2.12 bits per heavy atom. The molecule has 10 heteroatoms. The van der Waals surface area contributed by atoms with Crippen LogP contribution in [0.5, 0.6) is 0 Å². The standard InChI is InChI=1S/C16H19F3N4O2.ClH/c1-15(2)9(6-12(15)20)7-21-11-5-8(13-22-23-14(24)25-13)3-4-10(11)16(17,18)19;/h3-5,9,12,21H,6-7,20H2,1-2H3,(H,23,24);1H/t9-,12-;/m0./s1. The van der Waals surface area contributed by atoms with E-state index in [0.29, 0.717) is 6.54 Å². The van der Waals surface area contributed by atoms with E-state index in [-0.39, 0.29) is 46.9 Å². The second kappa shape index (κ2) is 6.96. The highest BCUT2D eigenvalue weighted by atomic mass is 35.5. The topological polar surface area (TPSA) is 96.9 Å². The number of H-pyrrole nitrogens is 1. The molecule has 0 aliphatic heterocycles. The van der Waals surface area contributed by atoms with Crippen LogP contribution in [0, 0.1) is 11.3 Å². The van der Waals surface area contributed by atoms with Crippen molar-refractivity contribution in [1.29, 1.82) is 0 Å². The van der Waals surface area contributed by atoms with Gasteiger partial charge in [0, 0.05) is 23.8 Å². The van der Waals surface area contributed by atoms with Gasteiger partial charge in [-0.1, -0.05) is 13.8 Å². The largest absolute Gasteiger partial charge is 0.434 e. The fourth-order valence-electron chi connectivity index (χ4n) is 3.06. The van der Waals surface area contributed by atoms with Crippen LogP contribution in [-0.2, 0) is 6.18 Å². The summed E-state index contributed by atoms with van der Waals surface area (Å²) in [5.74, 6) is -0.655. The fourth-order valence-corrected chi connectivity index (χ4v) is 3.06. The lowest BCUT2D eigenvalue weighted by molar-refractivity contribution is -0.137. The van der Waals surface area contributed by atoms with Gasteiger partial charge in [0.15, 0.2) is 0 Å². The molecule has 1 aliphatic carbocycles. The van der Waals surface area contributed by atoms with E-state index in [2.05, 4.69) is 15.5 Å². The summed E-state index contributed by atoms with van der Waals surface area (Å²) < 4.78 is 44.6. The molecule has 0 spiro atoms. The van der Waals surface area contributed by atoms with Crippen molar-refractivity contribution in [3.63, 3.8) is 0 Å². The van der Waals surface area contributed by atoms with Gasteiger partial charge in [-0.15, -0.1) is 17.5 Å². The predicted octanol–water partition coefficient (Wildman–Crippen LogP) is 3.26. The molecule has 1 heterocycles. The number of nitrogens with two attached hydrogens (primary N) is 1. The highest BCUT2D eigenvalue weighted by Crippen LogP contribution is 2.45. The number of nitrogens with zero attached hydrogens (tertiary/aromatic N) is 1. The number of anilines is 1. The molecule has 0 radical (unpaired) electrons. The molecule has 2 atom stereocenters. The Hall–Kier alpha value is -2.00. The third-order valence-electron chi connectivity index (χ3n) is 5.10. The second-order valence-electron chi connectivity index (χ2n) is 6.92. The zero-order valence-electron chi connectivity index (χ0n) is 14.2. The smallest absolute Gasteiger partial charge is 0.388 e. The first-order valence-electron chi connectivity index (χ1n) is 7.85. The maximum absolute atomic E-state index is 13.3. The maximum Gasteiger partial charge on any atom is 0.434 e. The van der Waals surface area contributed by atoms with Crippen LogP contribution < -0.4 is 16.8 Å². The quantitative estimate of drug-likeness (QED) is 0.742. The van der Waals surface area contributed by atoms with Gasteiger partial charge in [-0.05, 0) is 36.0 Å². The summed E-state index contributed by atoms with van der Waals surface area (Å²) in [6, 6.07) is 3.50. The van der Waals surface area contributed by atoms with Crippen LogP contribution in [0.15, 0.2) is 27.4 Å². The van der Waals surface area contributed by atoms with E-state index in [0.717, 1.165) is 12.5 Å². The number of alkyl halides is 3. The molecule has 0 bridgehead atoms. The zero-order valence-corrected chi connectivity index (χ0v) is 15.0. The lowest BCUT2D eigenvalue weighted by atomic mass is 9.59. The third-order valence-corrected chi connectivity index (χ3v) is 5.10. The van der Waals surface area contributed by atoms with Crippen molar-refractivity contribution in [2.75, 3.05) is 11.9 Å². The lowest BCUT2D eigenvalue weighted by Crippen LogP contribution is -2.56. The van der Waals surface area contributed by atoms with Crippen LogP contribution in [0.3, 0.4) is 0 Å². The van der Waals surface area contributed by atoms with E-state index in [1.54, 1.807) is 0 Å². The minimum absolute atomic E-state index is 0. The molecule has 0 saturated heterocycles. The fraction of sp³-hybridized carbons (Fsp3) is 0.500. The minimum Gasteiger partial charge on any atom is -0.388 e. The highest BCUT2D eigenvalue weighted by molar-refractivity contribution is 5.85. The third kappa shape index (κ3) is 3.73. The molecule has 1 aliphatic rings. The summed E-state index contributed by atoms with van der Waals surface area (Å²) in [5, 5.41) is 8.61. The normalized spacial score (nSPS) is 21.6. The Morgan fingerprint density at radius 1 is 1.42 bits per heavy atom. The Balaban J connectivity index is 0.00000243. The van der Waals surface area contributed by atoms with Gasteiger partial charge in [0.25, 0.3) is 0 Å². The van der Waals surface area contributed by atoms with E-state index in [1.165, 1.54) is 12.1 Å². The van der Waals surface area contributed by atoms with Crippen molar-refractivity contribution in [3.05, 3.63) is 34.3 Å². The molecule has 0 amide bonds. The second-order valence-corrected chi connectivity index (χ2v) is 6.92. The molecule has 2 aromatic rings. The van der Waals surface area contributed by atoms with E-state index in [9.17, 15) is 18.0 Å². The van der Waals surface area contributed by atoms with Crippen molar-refractivity contribution >= 4 is 18.1 Å². The first kappa shape index (κ1) is 20.3. The predicted molar refractivity (Wildman–Crippen MR) is 93.2 cm³/mol. The van der Waals surface area contributed by atoms with E-state index in [4.69, 9.17) is 10.2 Å². The molecule has 144 valence electrons. The monoisotopic (exact) mass is 392 g/mol. The van der Waals surface area contributed by atoms with Crippen molar-refractivity contribution in [1.82, 2.24) is 10.2 Å². The maximum atomic E-state index is 13.3. The SMILES string of the molecule is CC1(C)[C@H](CNc2cc(-c3n[nH]c(=O)o3)ccc2C(F)(F)F)C[C@@H]1N.Cl. The van der Waals surface area contributed by atoms with Crippen molar-refractivity contribution in [2.45, 2.75) is 32.5 Å². The van der Waals surface area contributed by atoms with Gasteiger partial charge in [0.2, 0.25) is 5.89 Å². The summed E-state index contributed by atoms with van der Waals surface area (Å²) in [6.45, 7) is 4.39. The Kier molecular flexibility index (Phi) is 5.44. The molecule has 3 rings (SSSR count). The van der Waals surface area contributed by atoms with Gasteiger partial charge in [0.05, 0.1) is 5.56 Å².